The molecule has 23 heavy (non-hydrogen) atoms. The lowest BCUT2D eigenvalue weighted by Gasteiger charge is -2.63. The van der Waals surface area contributed by atoms with Gasteiger partial charge in [0, 0.05) is 31.4 Å². The minimum absolute atomic E-state index is 0.0533. The summed E-state index contributed by atoms with van der Waals surface area (Å²) in [6.45, 7) is 6.80. The second-order valence-corrected chi connectivity index (χ2v) is 7.21. The Morgan fingerprint density at radius 2 is 1.39 bits per heavy atom. The topological polar surface area (TPSA) is 89.9 Å². The first-order valence-electron chi connectivity index (χ1n) is 7.70. The van der Waals surface area contributed by atoms with E-state index < -0.39 is 34.5 Å². The first kappa shape index (κ1) is 15.8. The van der Waals surface area contributed by atoms with Gasteiger partial charge in [-0.15, -0.1) is 0 Å². The minimum atomic E-state index is -1.01. The van der Waals surface area contributed by atoms with Gasteiger partial charge in [0.05, 0.1) is 5.41 Å². The molecule has 4 saturated carbocycles. The van der Waals surface area contributed by atoms with Crippen LogP contribution in [0.25, 0.3) is 0 Å². The minimum Gasteiger partial charge on any atom is -0.481 e. The molecule has 124 valence electrons. The maximum absolute atomic E-state index is 11.9. The van der Waals surface area contributed by atoms with Crippen molar-refractivity contribution in [3.05, 3.63) is 25.3 Å². The highest BCUT2D eigenvalue weighted by Crippen LogP contribution is 2.65. The number of rotatable bonds is 5. The van der Waals surface area contributed by atoms with Gasteiger partial charge < -0.3 is 14.6 Å². The van der Waals surface area contributed by atoms with Crippen LogP contribution < -0.4 is 0 Å². The van der Waals surface area contributed by atoms with Gasteiger partial charge in [-0.05, 0) is 25.2 Å². The van der Waals surface area contributed by atoms with Crippen LogP contribution in [0, 0.1) is 11.3 Å². The van der Waals surface area contributed by atoms with Gasteiger partial charge in [-0.3, -0.25) is 4.79 Å². The Hall–Kier alpha value is -2.11. The summed E-state index contributed by atoms with van der Waals surface area (Å²) in [6, 6.07) is 0. The predicted molar refractivity (Wildman–Crippen MR) is 79.3 cm³/mol. The summed E-state index contributed by atoms with van der Waals surface area (Å²) in [6.07, 6.45) is 4.76. The molecule has 0 spiro atoms. The number of ether oxygens (including phenoxy) is 2. The number of carboxylic acid groups (broad SMARTS) is 1. The molecule has 0 aromatic rings. The molecule has 0 saturated heterocycles. The fourth-order valence-corrected chi connectivity index (χ4v) is 5.24. The second kappa shape index (κ2) is 4.94. The molecular weight excluding hydrogens is 300 g/mol. The van der Waals surface area contributed by atoms with Crippen molar-refractivity contribution in [2.24, 2.45) is 11.3 Å². The molecule has 0 heterocycles. The molecule has 4 rings (SSSR count). The molecule has 4 aliphatic rings. The first-order chi connectivity index (χ1) is 10.8. The molecule has 0 amide bonds. The van der Waals surface area contributed by atoms with Gasteiger partial charge in [-0.25, -0.2) is 9.59 Å². The van der Waals surface area contributed by atoms with Crippen LogP contribution in [0.2, 0.25) is 0 Å². The number of hydrogen-bond acceptors (Lipinski definition) is 5. The lowest BCUT2D eigenvalue weighted by molar-refractivity contribution is -0.250. The molecule has 4 bridgehead atoms. The summed E-state index contributed by atoms with van der Waals surface area (Å²) >= 11 is 0. The molecule has 0 aromatic carbocycles. The number of aliphatic carboxylic acids is 1. The largest absolute Gasteiger partial charge is 0.481 e. The molecule has 1 N–H and O–H groups in total. The molecule has 0 aliphatic heterocycles. The number of carboxylic acids is 1. The fraction of sp³-hybridized carbons (Fsp3) is 0.588. The first-order valence-corrected chi connectivity index (χ1v) is 7.70. The average Bonchev–Trinajstić information content (AvgIpc) is 2.44. The molecule has 4 fully saturated rings. The van der Waals surface area contributed by atoms with Crippen LogP contribution in [-0.2, 0) is 23.9 Å². The van der Waals surface area contributed by atoms with Crippen LogP contribution in [0.15, 0.2) is 25.3 Å². The lowest BCUT2D eigenvalue weighted by Crippen LogP contribution is -2.67. The summed E-state index contributed by atoms with van der Waals surface area (Å²) < 4.78 is 11.2. The molecule has 2 atom stereocenters. The van der Waals surface area contributed by atoms with Crippen LogP contribution in [0.5, 0.6) is 0 Å². The van der Waals surface area contributed by atoms with Crippen LogP contribution in [0.4, 0.5) is 0 Å². The Morgan fingerprint density at radius 3 is 1.78 bits per heavy atom. The van der Waals surface area contributed by atoms with Gasteiger partial charge in [0.1, 0.15) is 11.2 Å². The van der Waals surface area contributed by atoms with E-state index in [-0.39, 0.29) is 18.8 Å². The zero-order valence-corrected chi connectivity index (χ0v) is 12.9. The Labute approximate surface area is 134 Å². The summed E-state index contributed by atoms with van der Waals surface area (Å²) in [5, 5.41) is 9.77. The number of esters is 2. The summed E-state index contributed by atoms with van der Waals surface area (Å²) in [4.78, 5) is 35.4. The Balaban J connectivity index is 1.99. The predicted octanol–water partition coefficient (Wildman–Crippen LogP) is 1.99. The standard InChI is InChI=1S/C17H20O6/c1-3-12(18)22-16-6-11-5-15(8-16,14(20)21)9-17(7-11,10-16)23-13(19)4-2/h3-4,11H,1-2,5-10H2,(H,20,21). The molecule has 4 aliphatic carbocycles. The van der Waals surface area contributed by atoms with Gasteiger partial charge in [0.15, 0.2) is 0 Å². The maximum atomic E-state index is 11.9. The van der Waals surface area contributed by atoms with Gasteiger partial charge in [0.2, 0.25) is 0 Å². The van der Waals surface area contributed by atoms with E-state index in [0.717, 1.165) is 12.2 Å². The van der Waals surface area contributed by atoms with Gasteiger partial charge >= 0.3 is 17.9 Å². The molecule has 0 aromatic heterocycles. The maximum Gasteiger partial charge on any atom is 0.330 e. The fourth-order valence-electron chi connectivity index (χ4n) is 5.24. The average molecular weight is 320 g/mol. The van der Waals surface area contributed by atoms with E-state index in [0.29, 0.717) is 25.7 Å². The van der Waals surface area contributed by atoms with E-state index in [4.69, 9.17) is 9.47 Å². The third kappa shape index (κ3) is 2.46. The van der Waals surface area contributed by atoms with Crippen molar-refractivity contribution in [2.45, 2.75) is 49.7 Å². The van der Waals surface area contributed by atoms with Gasteiger partial charge in [-0.2, -0.15) is 0 Å². The van der Waals surface area contributed by atoms with E-state index in [1.165, 1.54) is 0 Å². The zero-order chi connectivity index (χ0) is 16.9. The van der Waals surface area contributed by atoms with E-state index in [1.54, 1.807) is 0 Å². The van der Waals surface area contributed by atoms with E-state index in [2.05, 4.69) is 13.2 Å². The Bertz CT molecular complexity index is 568. The zero-order valence-electron chi connectivity index (χ0n) is 12.9. The van der Waals surface area contributed by atoms with Crippen molar-refractivity contribution >= 4 is 17.9 Å². The van der Waals surface area contributed by atoms with Crippen molar-refractivity contribution in [1.29, 1.82) is 0 Å². The van der Waals surface area contributed by atoms with Crippen LogP contribution in [-0.4, -0.2) is 34.2 Å². The van der Waals surface area contributed by atoms with Crippen molar-refractivity contribution in [1.82, 2.24) is 0 Å². The molecule has 0 radical (unpaired) electrons. The van der Waals surface area contributed by atoms with Crippen molar-refractivity contribution < 1.29 is 29.0 Å². The highest BCUT2D eigenvalue weighted by atomic mass is 16.6. The second-order valence-electron chi connectivity index (χ2n) is 7.21. The van der Waals surface area contributed by atoms with Gasteiger partial charge in [-0.1, -0.05) is 13.2 Å². The van der Waals surface area contributed by atoms with Crippen molar-refractivity contribution in [2.75, 3.05) is 0 Å². The van der Waals surface area contributed by atoms with Crippen LogP contribution in [0.3, 0.4) is 0 Å². The lowest BCUT2D eigenvalue weighted by atomic mass is 9.46. The molecular formula is C17H20O6. The van der Waals surface area contributed by atoms with E-state index >= 15 is 0 Å². The number of carbonyl (C=O) groups excluding carboxylic acids is 2. The third-order valence-electron chi connectivity index (χ3n) is 5.39. The summed E-state index contributed by atoms with van der Waals surface area (Å²) in [5.41, 5.74) is -2.81. The molecule has 6 heteroatoms. The summed E-state index contributed by atoms with van der Waals surface area (Å²) in [5.74, 6) is -2.01. The third-order valence-corrected chi connectivity index (χ3v) is 5.39. The van der Waals surface area contributed by atoms with Crippen molar-refractivity contribution in [3.63, 3.8) is 0 Å². The normalized spacial score (nSPS) is 40.3. The van der Waals surface area contributed by atoms with Crippen LogP contribution in [0.1, 0.15) is 38.5 Å². The SMILES string of the molecule is C=CC(=O)OC12CC3CC(OC(=O)C=C)(C1)CC(C(=O)O)(C3)C2. The van der Waals surface area contributed by atoms with Crippen molar-refractivity contribution in [3.8, 4) is 0 Å². The quantitative estimate of drug-likeness (QED) is 0.615. The summed E-state index contributed by atoms with van der Waals surface area (Å²) in [7, 11) is 0. The Morgan fingerprint density at radius 1 is 0.913 bits per heavy atom. The number of hydrogen-bond donors (Lipinski definition) is 1. The van der Waals surface area contributed by atoms with Gasteiger partial charge in [0.25, 0.3) is 0 Å². The van der Waals surface area contributed by atoms with E-state index in [9.17, 15) is 19.5 Å². The highest BCUT2D eigenvalue weighted by Gasteiger charge is 2.69. The molecule has 6 nitrogen and oxygen atoms in total. The van der Waals surface area contributed by atoms with E-state index in [1.807, 2.05) is 0 Å². The monoisotopic (exact) mass is 320 g/mol. The van der Waals surface area contributed by atoms with Crippen LogP contribution >= 0.6 is 0 Å². The Kier molecular flexibility index (Phi) is 3.39. The number of carbonyl (C=O) groups is 3. The highest BCUT2D eigenvalue weighted by molar-refractivity contribution is 5.83. The smallest absolute Gasteiger partial charge is 0.330 e. The molecule has 2 unspecified atom stereocenters.